The molecule has 2 unspecified atom stereocenters. The van der Waals surface area contributed by atoms with E-state index in [-0.39, 0.29) is 0 Å². The van der Waals surface area contributed by atoms with Gasteiger partial charge in [0.2, 0.25) is 0 Å². The minimum Gasteiger partial charge on any atom is -0.279 e. The van der Waals surface area contributed by atoms with Crippen LogP contribution in [-0.4, -0.2) is 34.4 Å². The molecule has 0 spiro atoms. The van der Waals surface area contributed by atoms with Crippen LogP contribution in [0.15, 0.2) is 4.99 Å². The SMILES string of the molecule is CC1=NC2CCN(N)CCC2S1. The molecule has 0 aromatic heterocycles. The highest BCUT2D eigenvalue weighted by Crippen LogP contribution is 2.32. The molecule has 12 heavy (non-hydrogen) atoms. The monoisotopic (exact) mass is 185 g/mol. The summed E-state index contributed by atoms with van der Waals surface area (Å²) >= 11 is 1.93. The van der Waals surface area contributed by atoms with Crippen LogP contribution in [0.2, 0.25) is 0 Å². The van der Waals surface area contributed by atoms with Crippen molar-refractivity contribution < 1.29 is 0 Å². The fraction of sp³-hybridized carbons (Fsp3) is 0.875. The first-order valence-corrected chi connectivity index (χ1v) is 5.34. The summed E-state index contributed by atoms with van der Waals surface area (Å²) in [5.74, 6) is 5.75. The zero-order chi connectivity index (χ0) is 8.55. The first kappa shape index (κ1) is 8.53. The van der Waals surface area contributed by atoms with E-state index in [1.807, 2.05) is 16.8 Å². The summed E-state index contributed by atoms with van der Waals surface area (Å²) in [5.41, 5.74) is 0. The Morgan fingerprint density at radius 2 is 2.25 bits per heavy atom. The van der Waals surface area contributed by atoms with Crippen LogP contribution >= 0.6 is 11.8 Å². The van der Waals surface area contributed by atoms with Gasteiger partial charge in [-0.3, -0.25) is 10.8 Å². The first-order valence-electron chi connectivity index (χ1n) is 4.46. The van der Waals surface area contributed by atoms with E-state index in [1.165, 1.54) is 11.5 Å². The summed E-state index contributed by atoms with van der Waals surface area (Å²) < 4.78 is 0. The first-order chi connectivity index (χ1) is 5.75. The Morgan fingerprint density at radius 3 is 3.08 bits per heavy atom. The molecule has 2 atom stereocenters. The predicted molar refractivity (Wildman–Crippen MR) is 53.3 cm³/mol. The molecular formula is C8H15N3S. The van der Waals surface area contributed by atoms with Crippen molar-refractivity contribution in [3.63, 3.8) is 0 Å². The summed E-state index contributed by atoms with van der Waals surface area (Å²) in [6.07, 6.45) is 2.32. The fourth-order valence-corrected chi connectivity index (χ4v) is 3.06. The van der Waals surface area contributed by atoms with Gasteiger partial charge in [0.25, 0.3) is 0 Å². The zero-order valence-corrected chi connectivity index (χ0v) is 8.18. The van der Waals surface area contributed by atoms with Crippen LogP contribution in [0.1, 0.15) is 19.8 Å². The van der Waals surface area contributed by atoms with Crippen molar-refractivity contribution in [3.05, 3.63) is 0 Å². The van der Waals surface area contributed by atoms with Crippen molar-refractivity contribution in [2.24, 2.45) is 10.8 Å². The fourth-order valence-electron chi connectivity index (χ4n) is 1.85. The van der Waals surface area contributed by atoms with Crippen LogP contribution in [0, 0.1) is 0 Å². The van der Waals surface area contributed by atoms with Gasteiger partial charge < -0.3 is 0 Å². The summed E-state index contributed by atoms with van der Waals surface area (Å²) in [4.78, 5) is 4.60. The summed E-state index contributed by atoms with van der Waals surface area (Å²) in [7, 11) is 0. The molecule has 0 aromatic carbocycles. The van der Waals surface area contributed by atoms with Gasteiger partial charge in [-0.05, 0) is 19.8 Å². The normalized spacial score (nSPS) is 37.3. The van der Waals surface area contributed by atoms with Crippen molar-refractivity contribution in [1.29, 1.82) is 0 Å². The van der Waals surface area contributed by atoms with Gasteiger partial charge in [-0.1, -0.05) is 0 Å². The van der Waals surface area contributed by atoms with Crippen LogP contribution < -0.4 is 5.84 Å². The van der Waals surface area contributed by atoms with Crippen molar-refractivity contribution >= 4 is 16.8 Å². The number of fused-ring (bicyclic) bond motifs is 1. The third-order valence-electron chi connectivity index (χ3n) is 2.51. The van der Waals surface area contributed by atoms with E-state index < -0.39 is 0 Å². The lowest BCUT2D eigenvalue weighted by Crippen LogP contribution is -2.32. The molecule has 2 heterocycles. The van der Waals surface area contributed by atoms with Gasteiger partial charge in [0.05, 0.1) is 11.1 Å². The molecule has 68 valence electrons. The Labute approximate surface area is 77.4 Å². The third kappa shape index (κ3) is 1.65. The van der Waals surface area contributed by atoms with Gasteiger partial charge in [-0.15, -0.1) is 11.8 Å². The smallest absolute Gasteiger partial charge is 0.0652 e. The highest BCUT2D eigenvalue weighted by atomic mass is 32.2. The maximum atomic E-state index is 5.75. The van der Waals surface area contributed by atoms with Gasteiger partial charge in [0.1, 0.15) is 0 Å². The Balaban J connectivity index is 2.02. The quantitative estimate of drug-likeness (QED) is 0.569. The van der Waals surface area contributed by atoms with E-state index in [1.54, 1.807) is 0 Å². The van der Waals surface area contributed by atoms with E-state index in [0.717, 1.165) is 19.5 Å². The average molecular weight is 185 g/mol. The number of hydrogen-bond donors (Lipinski definition) is 1. The molecule has 2 N–H and O–H groups in total. The van der Waals surface area contributed by atoms with Gasteiger partial charge in [0.15, 0.2) is 0 Å². The molecule has 0 aliphatic carbocycles. The second kappa shape index (κ2) is 3.36. The molecule has 0 amide bonds. The van der Waals surface area contributed by atoms with Crippen molar-refractivity contribution in [3.8, 4) is 0 Å². The molecule has 0 radical (unpaired) electrons. The van der Waals surface area contributed by atoms with E-state index in [0.29, 0.717) is 11.3 Å². The number of nitrogens with zero attached hydrogens (tertiary/aromatic N) is 2. The predicted octanol–water partition coefficient (Wildman–Crippen LogP) is 0.858. The van der Waals surface area contributed by atoms with Crippen molar-refractivity contribution in [2.45, 2.75) is 31.1 Å². The lowest BCUT2D eigenvalue weighted by atomic mass is 10.1. The molecule has 2 aliphatic heterocycles. The number of thioether (sulfide) groups is 1. The molecule has 0 saturated carbocycles. The molecular weight excluding hydrogens is 170 g/mol. The van der Waals surface area contributed by atoms with E-state index in [4.69, 9.17) is 5.84 Å². The zero-order valence-electron chi connectivity index (χ0n) is 7.36. The molecule has 2 aliphatic rings. The molecule has 4 heteroatoms. The molecule has 0 aromatic rings. The number of hydrazine groups is 1. The average Bonchev–Trinajstić information content (AvgIpc) is 2.31. The Kier molecular flexibility index (Phi) is 2.39. The van der Waals surface area contributed by atoms with Crippen LogP contribution in [0.3, 0.4) is 0 Å². The molecule has 0 bridgehead atoms. The highest BCUT2D eigenvalue weighted by Gasteiger charge is 2.30. The van der Waals surface area contributed by atoms with Crippen molar-refractivity contribution in [1.82, 2.24) is 5.01 Å². The Bertz CT molecular complexity index is 204. The largest absolute Gasteiger partial charge is 0.279 e. The molecule has 3 nitrogen and oxygen atoms in total. The van der Waals surface area contributed by atoms with Crippen LogP contribution in [-0.2, 0) is 0 Å². The van der Waals surface area contributed by atoms with Crippen LogP contribution in [0.25, 0.3) is 0 Å². The Morgan fingerprint density at radius 1 is 1.50 bits per heavy atom. The van der Waals surface area contributed by atoms with E-state index in [9.17, 15) is 0 Å². The number of aliphatic imine (C=N–C) groups is 1. The maximum absolute atomic E-state index is 5.75. The highest BCUT2D eigenvalue weighted by molar-refractivity contribution is 8.14. The van der Waals surface area contributed by atoms with Crippen molar-refractivity contribution in [2.75, 3.05) is 13.1 Å². The minimum absolute atomic E-state index is 0.545. The van der Waals surface area contributed by atoms with Gasteiger partial charge >= 0.3 is 0 Å². The summed E-state index contributed by atoms with van der Waals surface area (Å²) in [6, 6.07) is 0.545. The van der Waals surface area contributed by atoms with E-state index in [2.05, 4.69) is 11.9 Å². The lowest BCUT2D eigenvalue weighted by Gasteiger charge is -2.11. The summed E-state index contributed by atoms with van der Waals surface area (Å²) in [6.45, 7) is 4.13. The maximum Gasteiger partial charge on any atom is 0.0652 e. The standard InChI is InChI=1S/C8H15N3S/c1-6-10-7-2-4-11(9)5-3-8(7)12-6/h7-8H,2-5,9H2,1H3. The lowest BCUT2D eigenvalue weighted by molar-refractivity contribution is 0.295. The number of nitrogens with two attached hydrogens (primary N) is 1. The second-order valence-electron chi connectivity index (χ2n) is 3.49. The van der Waals surface area contributed by atoms with E-state index >= 15 is 0 Å². The molecule has 1 saturated heterocycles. The topological polar surface area (TPSA) is 41.6 Å². The number of hydrogen-bond acceptors (Lipinski definition) is 4. The van der Waals surface area contributed by atoms with Gasteiger partial charge in [-0.2, -0.15) is 0 Å². The summed E-state index contributed by atoms with van der Waals surface area (Å²) in [5, 5.41) is 3.89. The molecule has 2 rings (SSSR count). The van der Waals surface area contributed by atoms with Crippen LogP contribution in [0.4, 0.5) is 0 Å². The van der Waals surface area contributed by atoms with Gasteiger partial charge in [-0.25, -0.2) is 5.01 Å². The number of rotatable bonds is 0. The van der Waals surface area contributed by atoms with Crippen LogP contribution in [0.5, 0.6) is 0 Å². The minimum atomic E-state index is 0.545. The molecule has 1 fully saturated rings. The second-order valence-corrected chi connectivity index (χ2v) is 4.92. The van der Waals surface area contributed by atoms with Gasteiger partial charge in [0, 0.05) is 18.3 Å². The third-order valence-corrected chi connectivity index (χ3v) is 3.81. The Hall–Kier alpha value is -0.0600.